The third kappa shape index (κ3) is 7.21. The number of nitrogens with zero attached hydrogens (tertiary/aromatic N) is 4. The van der Waals surface area contributed by atoms with Crippen LogP contribution in [0, 0.1) is 23.2 Å². The summed E-state index contributed by atoms with van der Waals surface area (Å²) in [5.41, 5.74) is 6.07. The summed E-state index contributed by atoms with van der Waals surface area (Å²) in [5, 5.41) is 16.7. The molecule has 1 unspecified atom stereocenters. The molecule has 3 fully saturated rings. The van der Waals surface area contributed by atoms with E-state index in [4.69, 9.17) is 36.5 Å². The zero-order chi connectivity index (χ0) is 35.4. The summed E-state index contributed by atoms with van der Waals surface area (Å²) in [5.74, 6) is 1.67. The van der Waals surface area contributed by atoms with Crippen LogP contribution < -0.4 is 25.8 Å². The summed E-state index contributed by atoms with van der Waals surface area (Å²) in [6, 6.07) is 3.50. The van der Waals surface area contributed by atoms with Crippen molar-refractivity contribution >= 4 is 56.9 Å². The minimum atomic E-state index is -0.971. The Labute approximate surface area is 294 Å². The summed E-state index contributed by atoms with van der Waals surface area (Å²) in [6.07, 6.45) is 0.433. The van der Waals surface area contributed by atoms with E-state index in [9.17, 15) is 14.4 Å². The van der Waals surface area contributed by atoms with Crippen LogP contribution in [0.4, 0.5) is 9.93 Å². The number of nitrogens with one attached hydrogen (secondary N) is 2. The van der Waals surface area contributed by atoms with E-state index in [1.807, 2.05) is 34.6 Å². The third-order valence-corrected chi connectivity index (χ3v) is 11.0. The quantitative estimate of drug-likeness (QED) is 0.252. The van der Waals surface area contributed by atoms with Crippen LogP contribution in [0.2, 0.25) is 5.02 Å². The largest absolute Gasteiger partial charge is 0.495 e. The zero-order valence-corrected chi connectivity index (χ0v) is 30.4. The van der Waals surface area contributed by atoms with E-state index in [-0.39, 0.29) is 25.1 Å². The molecule has 1 aliphatic heterocycles. The number of fused-ring (bicyclic) bond motifs is 2. The lowest BCUT2D eigenvalue weighted by molar-refractivity contribution is -0.141. The maximum absolute atomic E-state index is 14.2. The molecule has 1 aromatic carbocycles. The molecule has 3 heterocycles. The molecule has 13 nitrogen and oxygen atoms in total. The Hall–Kier alpha value is -3.91. The molecule has 264 valence electrons. The number of methoxy groups -OCH3 is 1. The van der Waals surface area contributed by atoms with E-state index >= 15 is 0 Å². The van der Waals surface area contributed by atoms with Gasteiger partial charge in [-0.25, -0.2) is 9.78 Å². The fraction of sp³-hybridized carbons (Fsp3) is 0.588. The van der Waals surface area contributed by atoms with Gasteiger partial charge in [-0.3, -0.25) is 9.59 Å². The molecule has 3 amide bonds. The van der Waals surface area contributed by atoms with Gasteiger partial charge in [0.25, 0.3) is 0 Å². The number of alkyl carbamates (subject to hydrolysis) is 1. The monoisotopic (exact) mass is 713 g/mol. The van der Waals surface area contributed by atoms with Crippen LogP contribution in [0.5, 0.6) is 11.5 Å². The fourth-order valence-electron chi connectivity index (χ4n) is 7.11. The van der Waals surface area contributed by atoms with Crippen LogP contribution >= 0.6 is 22.9 Å². The molecule has 4 N–H and O–H groups in total. The molecule has 15 heteroatoms. The average Bonchev–Trinajstić information content (AvgIpc) is 3.52. The number of aromatic nitrogens is 3. The predicted molar refractivity (Wildman–Crippen MR) is 187 cm³/mol. The Morgan fingerprint density at radius 2 is 1.80 bits per heavy atom. The van der Waals surface area contributed by atoms with Gasteiger partial charge in [0, 0.05) is 23.9 Å². The molecule has 6 rings (SSSR count). The molecule has 3 aromatic rings. The number of anilines is 1. The van der Waals surface area contributed by atoms with Gasteiger partial charge in [0.05, 0.1) is 19.2 Å². The van der Waals surface area contributed by atoms with Crippen LogP contribution in [0.3, 0.4) is 0 Å². The summed E-state index contributed by atoms with van der Waals surface area (Å²) >= 11 is 8.07. The highest BCUT2D eigenvalue weighted by atomic mass is 35.5. The van der Waals surface area contributed by atoms with Gasteiger partial charge in [-0.15, -0.1) is 10.2 Å². The highest BCUT2D eigenvalue weighted by Crippen LogP contribution is 2.57. The van der Waals surface area contributed by atoms with Crippen LogP contribution in [-0.4, -0.2) is 82.0 Å². The molecular weight excluding hydrogens is 670 g/mol. The number of carbonyl (C=O) groups excluding carboxylic acids is 3. The Morgan fingerprint density at radius 3 is 2.43 bits per heavy atom. The van der Waals surface area contributed by atoms with Crippen molar-refractivity contribution in [2.75, 3.05) is 19.0 Å². The normalized spacial score (nSPS) is 25.2. The third-order valence-electron chi connectivity index (χ3n) is 9.77. The van der Waals surface area contributed by atoms with Crippen molar-refractivity contribution in [1.29, 1.82) is 0 Å². The van der Waals surface area contributed by atoms with Crippen LogP contribution in [-0.2, 0) is 14.3 Å². The molecule has 2 aromatic heterocycles. The molecule has 3 aliphatic rings. The number of benzene rings is 1. The van der Waals surface area contributed by atoms with Crippen molar-refractivity contribution in [3.63, 3.8) is 0 Å². The van der Waals surface area contributed by atoms with Gasteiger partial charge < -0.3 is 35.5 Å². The van der Waals surface area contributed by atoms with Gasteiger partial charge in [-0.2, -0.15) is 0 Å². The van der Waals surface area contributed by atoms with E-state index in [0.717, 1.165) is 12.8 Å². The maximum Gasteiger partial charge on any atom is 0.408 e. The molecule has 0 spiro atoms. The number of halogens is 1. The van der Waals surface area contributed by atoms with Crippen molar-refractivity contribution in [2.24, 2.45) is 28.9 Å². The van der Waals surface area contributed by atoms with Crippen molar-refractivity contribution < 1.29 is 28.6 Å². The summed E-state index contributed by atoms with van der Waals surface area (Å²) < 4.78 is 17.7. The maximum atomic E-state index is 14.2. The minimum Gasteiger partial charge on any atom is -0.495 e. The lowest BCUT2D eigenvalue weighted by atomic mass is 9.85. The first kappa shape index (κ1) is 34.9. The van der Waals surface area contributed by atoms with Crippen molar-refractivity contribution in [2.45, 2.75) is 91.1 Å². The van der Waals surface area contributed by atoms with Gasteiger partial charge >= 0.3 is 6.09 Å². The standard InChI is InChI=1S/C34H44ClN7O6S/c1-15(2)37-32-41-40-30(49-32)22-13-25(19-8-9-24(46-7)26(35)27(19)38-22)47-18-12-23(29(36)43)42(14-18)31(44)28(34(4,5)6)39-33(45)48-17-10-20-16(3)21(20)11-17/h8-9,13,15-18,20-21,23,28H,10-12,14H2,1-7H3,(H2,36,43)(H,37,41)(H,39,45)/t16-,17+,18?,20+,21-,23-,28+/m0/s1. The number of primary amides is 1. The van der Waals surface area contributed by atoms with E-state index in [0.29, 0.717) is 61.0 Å². The second-order valence-corrected chi connectivity index (χ2v) is 16.1. The van der Waals surface area contributed by atoms with E-state index < -0.39 is 41.5 Å². The highest BCUT2D eigenvalue weighted by molar-refractivity contribution is 7.18. The number of likely N-dealkylation sites (tertiary alicyclic amines) is 1. The minimum absolute atomic E-state index is 0.0594. The van der Waals surface area contributed by atoms with Crippen LogP contribution in [0.1, 0.15) is 60.8 Å². The smallest absolute Gasteiger partial charge is 0.408 e. The van der Waals surface area contributed by atoms with Gasteiger partial charge in [-0.05, 0) is 62.0 Å². The van der Waals surface area contributed by atoms with Crippen molar-refractivity contribution in [3.8, 4) is 22.2 Å². The Balaban J connectivity index is 1.25. The van der Waals surface area contributed by atoms with Crippen LogP contribution in [0.15, 0.2) is 18.2 Å². The number of hydrogen-bond donors (Lipinski definition) is 3. The number of carbonyl (C=O) groups is 3. The molecule has 0 radical (unpaired) electrons. The SMILES string of the molecule is COc1ccc2c(OC3C[C@@H](C(N)=O)N(C(=O)[C@@H](NC(=O)O[C@@H]4C[C@@H]5[C@H](C)[C@@H]5C4)C(C)(C)C)C3)cc(-c3nnc(NC(C)C)s3)nc2c1Cl. The highest BCUT2D eigenvalue weighted by Gasteiger charge is 2.54. The van der Waals surface area contributed by atoms with E-state index in [1.165, 1.54) is 23.3 Å². The summed E-state index contributed by atoms with van der Waals surface area (Å²) in [7, 11) is 1.52. The molecule has 49 heavy (non-hydrogen) atoms. The van der Waals surface area contributed by atoms with Crippen molar-refractivity contribution in [3.05, 3.63) is 23.2 Å². The Kier molecular flexibility index (Phi) is 9.57. The Bertz CT molecular complexity index is 1750. The van der Waals surface area contributed by atoms with Gasteiger partial charge in [-0.1, -0.05) is 50.6 Å². The average molecular weight is 714 g/mol. The first-order valence-corrected chi connectivity index (χ1v) is 17.8. The molecule has 2 aliphatic carbocycles. The fourth-order valence-corrected chi connectivity index (χ4v) is 8.25. The number of rotatable bonds is 10. The van der Waals surface area contributed by atoms with Crippen molar-refractivity contribution in [1.82, 2.24) is 25.4 Å². The first-order chi connectivity index (χ1) is 23.1. The number of pyridine rings is 1. The number of nitrogens with two attached hydrogens (primary N) is 1. The molecular formula is C34H44ClN7O6S. The number of hydrogen-bond acceptors (Lipinski definition) is 11. The zero-order valence-electron chi connectivity index (χ0n) is 28.8. The first-order valence-electron chi connectivity index (χ1n) is 16.7. The number of ether oxygens (including phenoxy) is 3. The van der Waals surface area contributed by atoms with E-state index in [2.05, 4.69) is 27.8 Å². The van der Waals surface area contributed by atoms with Gasteiger partial charge in [0.1, 0.15) is 46.5 Å². The number of amides is 3. The van der Waals surface area contributed by atoms with Gasteiger partial charge in [0.15, 0.2) is 5.01 Å². The van der Waals surface area contributed by atoms with E-state index in [1.54, 1.807) is 18.2 Å². The second kappa shape index (κ2) is 13.4. The summed E-state index contributed by atoms with van der Waals surface area (Å²) in [4.78, 5) is 46.1. The van der Waals surface area contributed by atoms with Gasteiger partial charge in [0.2, 0.25) is 16.9 Å². The Morgan fingerprint density at radius 1 is 1.08 bits per heavy atom. The lowest BCUT2D eigenvalue weighted by Crippen LogP contribution is -2.57. The lowest BCUT2D eigenvalue weighted by Gasteiger charge is -2.35. The molecule has 0 bridgehead atoms. The molecule has 2 saturated carbocycles. The topological polar surface area (TPSA) is 171 Å². The molecule has 1 saturated heterocycles. The second-order valence-electron chi connectivity index (χ2n) is 14.7. The molecule has 7 atom stereocenters. The summed E-state index contributed by atoms with van der Waals surface area (Å²) in [6.45, 7) is 11.9. The van der Waals surface area contributed by atoms with Crippen LogP contribution in [0.25, 0.3) is 21.6 Å². The predicted octanol–water partition coefficient (Wildman–Crippen LogP) is 5.25.